The van der Waals surface area contributed by atoms with Gasteiger partial charge in [-0.05, 0) is 19.5 Å². The molecule has 0 fully saturated rings. The van der Waals surface area contributed by atoms with Crippen molar-refractivity contribution in [3.05, 3.63) is 0 Å². The lowest BCUT2D eigenvalue weighted by Crippen LogP contribution is -2.27. The zero-order valence-electron chi connectivity index (χ0n) is 10.1. The van der Waals surface area contributed by atoms with Crippen LogP contribution in [0.5, 0.6) is 0 Å². The molecule has 0 atom stereocenters. The van der Waals surface area contributed by atoms with E-state index in [0.29, 0.717) is 0 Å². The highest BCUT2D eigenvalue weighted by molar-refractivity contribution is 4.49. The first kappa shape index (κ1) is 15.4. The van der Waals surface area contributed by atoms with Crippen LogP contribution in [0.2, 0.25) is 0 Å². The standard InChI is InChI=1S/C9H21NO.C2H6/c1-4-8-11-9-7-10(5-2)6-3;1-2/h4-9H2,1-3H3;1-2H3. The predicted octanol–water partition coefficient (Wildman–Crippen LogP) is 2.78. The van der Waals surface area contributed by atoms with Crippen LogP contribution in [-0.2, 0) is 4.74 Å². The van der Waals surface area contributed by atoms with Crippen molar-refractivity contribution in [2.75, 3.05) is 32.8 Å². The number of hydrogen-bond donors (Lipinski definition) is 0. The smallest absolute Gasteiger partial charge is 0.0593 e. The van der Waals surface area contributed by atoms with E-state index in [1.165, 1.54) is 0 Å². The molecule has 0 N–H and O–H groups in total. The highest BCUT2D eigenvalue weighted by atomic mass is 16.5. The van der Waals surface area contributed by atoms with Gasteiger partial charge in [-0.25, -0.2) is 0 Å². The molecule has 0 saturated carbocycles. The molecule has 13 heavy (non-hydrogen) atoms. The summed E-state index contributed by atoms with van der Waals surface area (Å²) in [6.45, 7) is 15.6. The number of ether oxygens (including phenoxy) is 1. The topological polar surface area (TPSA) is 12.5 Å². The molecule has 0 unspecified atom stereocenters. The first-order valence-electron chi connectivity index (χ1n) is 5.65. The molecule has 0 heterocycles. The first-order chi connectivity index (χ1) is 6.35. The van der Waals surface area contributed by atoms with Crippen molar-refractivity contribution in [2.45, 2.75) is 41.0 Å². The van der Waals surface area contributed by atoms with E-state index in [1.807, 2.05) is 13.8 Å². The molecule has 0 aromatic heterocycles. The van der Waals surface area contributed by atoms with Crippen LogP contribution in [-0.4, -0.2) is 37.7 Å². The minimum atomic E-state index is 0.884. The molecular weight excluding hydrogens is 162 g/mol. The van der Waals surface area contributed by atoms with Gasteiger partial charge in [0, 0.05) is 13.2 Å². The Bertz CT molecular complexity index is 72.5. The molecule has 0 spiro atoms. The Morgan fingerprint density at radius 2 is 1.46 bits per heavy atom. The van der Waals surface area contributed by atoms with E-state index >= 15 is 0 Å². The third kappa shape index (κ3) is 11.9. The molecule has 0 bridgehead atoms. The van der Waals surface area contributed by atoms with Crippen LogP contribution in [0.4, 0.5) is 0 Å². The summed E-state index contributed by atoms with van der Waals surface area (Å²) in [5.41, 5.74) is 0. The van der Waals surface area contributed by atoms with Crippen LogP contribution in [0.15, 0.2) is 0 Å². The Hall–Kier alpha value is -0.0800. The number of rotatable bonds is 7. The second-order valence-corrected chi connectivity index (χ2v) is 2.64. The van der Waals surface area contributed by atoms with Gasteiger partial charge in [-0.2, -0.15) is 0 Å². The molecule has 0 rings (SSSR count). The minimum absolute atomic E-state index is 0.884. The molecule has 2 nitrogen and oxygen atoms in total. The Balaban J connectivity index is 0. The summed E-state index contributed by atoms with van der Waals surface area (Å²) < 4.78 is 5.38. The summed E-state index contributed by atoms with van der Waals surface area (Å²) in [4.78, 5) is 2.37. The van der Waals surface area contributed by atoms with Gasteiger partial charge in [0.2, 0.25) is 0 Å². The van der Waals surface area contributed by atoms with Crippen molar-refractivity contribution in [2.24, 2.45) is 0 Å². The van der Waals surface area contributed by atoms with Crippen LogP contribution < -0.4 is 0 Å². The predicted molar refractivity (Wildman–Crippen MR) is 60.2 cm³/mol. The number of likely N-dealkylation sites (N-methyl/N-ethyl adjacent to an activating group) is 1. The molecule has 0 saturated heterocycles. The maximum atomic E-state index is 5.38. The minimum Gasteiger partial charge on any atom is -0.380 e. The molecule has 0 aliphatic heterocycles. The molecule has 0 aliphatic carbocycles. The Morgan fingerprint density at radius 3 is 1.85 bits per heavy atom. The third-order valence-electron chi connectivity index (χ3n) is 1.79. The fraction of sp³-hybridized carbons (Fsp3) is 1.00. The van der Waals surface area contributed by atoms with Gasteiger partial charge in [0.15, 0.2) is 0 Å². The summed E-state index contributed by atoms with van der Waals surface area (Å²) in [6.07, 6.45) is 1.12. The van der Waals surface area contributed by atoms with E-state index in [2.05, 4.69) is 25.7 Å². The second kappa shape index (κ2) is 14.4. The van der Waals surface area contributed by atoms with Gasteiger partial charge in [-0.15, -0.1) is 0 Å². The van der Waals surface area contributed by atoms with Crippen LogP contribution in [0, 0.1) is 0 Å². The Morgan fingerprint density at radius 1 is 0.923 bits per heavy atom. The van der Waals surface area contributed by atoms with Gasteiger partial charge in [0.25, 0.3) is 0 Å². The maximum absolute atomic E-state index is 5.38. The largest absolute Gasteiger partial charge is 0.380 e. The molecule has 0 aliphatic rings. The molecule has 0 radical (unpaired) electrons. The summed E-state index contributed by atoms with van der Waals surface area (Å²) in [5.74, 6) is 0. The van der Waals surface area contributed by atoms with Gasteiger partial charge in [0.05, 0.1) is 6.61 Å². The van der Waals surface area contributed by atoms with E-state index in [4.69, 9.17) is 4.74 Å². The first-order valence-corrected chi connectivity index (χ1v) is 5.65. The van der Waals surface area contributed by atoms with E-state index < -0.39 is 0 Å². The van der Waals surface area contributed by atoms with Crippen molar-refractivity contribution in [3.63, 3.8) is 0 Å². The van der Waals surface area contributed by atoms with E-state index in [-0.39, 0.29) is 0 Å². The lowest BCUT2D eigenvalue weighted by Gasteiger charge is -2.17. The Labute approximate surface area is 84.3 Å². The normalized spacial score (nSPS) is 9.69. The lowest BCUT2D eigenvalue weighted by molar-refractivity contribution is 0.107. The maximum Gasteiger partial charge on any atom is 0.0593 e. The molecule has 0 aromatic rings. The van der Waals surface area contributed by atoms with Gasteiger partial charge in [0.1, 0.15) is 0 Å². The van der Waals surface area contributed by atoms with Gasteiger partial charge < -0.3 is 9.64 Å². The zero-order chi connectivity index (χ0) is 10.5. The average molecular weight is 189 g/mol. The van der Waals surface area contributed by atoms with Crippen molar-refractivity contribution < 1.29 is 4.74 Å². The average Bonchev–Trinajstić information content (AvgIpc) is 2.21. The highest BCUT2D eigenvalue weighted by Crippen LogP contribution is 1.87. The summed E-state index contributed by atoms with van der Waals surface area (Å²) in [7, 11) is 0. The van der Waals surface area contributed by atoms with Crippen molar-refractivity contribution in [1.29, 1.82) is 0 Å². The Kier molecular flexibility index (Phi) is 17.1. The second-order valence-electron chi connectivity index (χ2n) is 2.64. The fourth-order valence-electron chi connectivity index (χ4n) is 0.980. The lowest BCUT2D eigenvalue weighted by atomic mass is 10.5. The highest BCUT2D eigenvalue weighted by Gasteiger charge is 1.96. The van der Waals surface area contributed by atoms with Gasteiger partial charge in [-0.3, -0.25) is 0 Å². The molecular formula is C11H27NO. The van der Waals surface area contributed by atoms with Crippen LogP contribution in [0.25, 0.3) is 0 Å². The van der Waals surface area contributed by atoms with E-state index in [9.17, 15) is 0 Å². The molecule has 0 amide bonds. The number of hydrogen-bond acceptors (Lipinski definition) is 2. The van der Waals surface area contributed by atoms with E-state index in [0.717, 1.165) is 39.3 Å². The van der Waals surface area contributed by atoms with Crippen molar-refractivity contribution in [3.8, 4) is 0 Å². The van der Waals surface area contributed by atoms with Gasteiger partial charge in [-0.1, -0.05) is 34.6 Å². The SMILES string of the molecule is CC.CCCOCCN(CC)CC. The van der Waals surface area contributed by atoms with Crippen LogP contribution in [0.3, 0.4) is 0 Å². The summed E-state index contributed by atoms with van der Waals surface area (Å²) in [5, 5.41) is 0. The molecule has 2 heteroatoms. The zero-order valence-corrected chi connectivity index (χ0v) is 10.1. The monoisotopic (exact) mass is 189 g/mol. The number of nitrogens with zero attached hydrogens (tertiary/aromatic N) is 1. The van der Waals surface area contributed by atoms with Crippen molar-refractivity contribution >= 4 is 0 Å². The third-order valence-corrected chi connectivity index (χ3v) is 1.79. The van der Waals surface area contributed by atoms with Crippen LogP contribution in [0.1, 0.15) is 41.0 Å². The fourth-order valence-corrected chi connectivity index (χ4v) is 0.980. The van der Waals surface area contributed by atoms with E-state index in [1.54, 1.807) is 0 Å². The van der Waals surface area contributed by atoms with Crippen LogP contribution >= 0.6 is 0 Å². The van der Waals surface area contributed by atoms with Gasteiger partial charge >= 0.3 is 0 Å². The summed E-state index contributed by atoms with van der Waals surface area (Å²) in [6, 6.07) is 0. The molecule has 0 aromatic carbocycles. The molecule has 82 valence electrons. The quantitative estimate of drug-likeness (QED) is 0.571. The summed E-state index contributed by atoms with van der Waals surface area (Å²) >= 11 is 0. The van der Waals surface area contributed by atoms with Crippen molar-refractivity contribution in [1.82, 2.24) is 4.90 Å².